The molecule has 0 spiro atoms. The van der Waals surface area contributed by atoms with Crippen LogP contribution in [-0.2, 0) is 6.42 Å². The van der Waals surface area contributed by atoms with Crippen molar-refractivity contribution in [3.63, 3.8) is 0 Å². The molecular weight excluding hydrogens is 1730 g/mol. The van der Waals surface area contributed by atoms with Crippen molar-refractivity contribution >= 4 is 0 Å². The maximum absolute atomic E-state index is 18.4. The van der Waals surface area contributed by atoms with E-state index in [2.05, 4.69) is 338 Å². The van der Waals surface area contributed by atoms with Crippen LogP contribution in [-0.4, -0.2) is 54.4 Å². The van der Waals surface area contributed by atoms with Crippen LogP contribution in [0.25, 0.3) is 128 Å². The Morgan fingerprint density at radius 1 is 0.241 bits per heavy atom. The fraction of sp³-hybridized carbons (Fsp3) is 0.435. The minimum atomic E-state index is -0.349. The molecule has 0 radical (unpaired) electrons. The molecule has 1 heterocycles. The third-order valence-electron chi connectivity index (χ3n) is 30.2. The van der Waals surface area contributed by atoms with Crippen molar-refractivity contribution in [2.45, 2.75) is 298 Å². The van der Waals surface area contributed by atoms with Gasteiger partial charge >= 0.3 is 0 Å². The summed E-state index contributed by atoms with van der Waals surface area (Å²) in [5.41, 5.74) is 28.9. The van der Waals surface area contributed by atoms with Crippen molar-refractivity contribution in [2.75, 3.05) is 39.6 Å². The van der Waals surface area contributed by atoms with Crippen LogP contribution in [0.15, 0.2) is 224 Å². The number of halogens is 1. The van der Waals surface area contributed by atoms with Gasteiger partial charge in [-0.2, -0.15) is 5.10 Å². The molecule has 746 valence electrons. The Morgan fingerprint density at radius 3 is 0.716 bits per heavy atom. The number of aryl methyl sites for hydroxylation is 3. The van der Waals surface area contributed by atoms with Crippen molar-refractivity contribution in [1.29, 1.82) is 0 Å². The van der Waals surface area contributed by atoms with Crippen LogP contribution in [0.5, 0.6) is 34.5 Å². The zero-order valence-corrected chi connectivity index (χ0v) is 89.1. The maximum Gasteiger partial charge on any atom is 0.163 e. The lowest BCUT2D eigenvalue weighted by Gasteiger charge is -2.22. The van der Waals surface area contributed by atoms with Gasteiger partial charge in [-0.3, -0.25) is 0 Å². The third kappa shape index (κ3) is 28.1. The molecular formula is C131H164FN3O6. The summed E-state index contributed by atoms with van der Waals surface area (Å²) in [5, 5.41) is 5.56. The molecule has 12 aromatic carbocycles. The number of rotatable bonds is 56. The van der Waals surface area contributed by atoms with Crippen LogP contribution in [0.3, 0.4) is 0 Å². The summed E-state index contributed by atoms with van der Waals surface area (Å²) in [6.07, 6.45) is 29.2. The van der Waals surface area contributed by atoms with Gasteiger partial charge in [0.2, 0.25) is 0 Å². The number of nitrogens with zero attached hydrogens (tertiary/aromatic N) is 3. The lowest BCUT2D eigenvalue weighted by Crippen LogP contribution is -2.11. The number of benzene rings is 12. The number of unbranched alkanes of at least 4 members (excludes halogenated alkanes) is 6. The fourth-order valence-electron chi connectivity index (χ4n) is 20.2. The first-order valence-corrected chi connectivity index (χ1v) is 54.5. The van der Waals surface area contributed by atoms with Crippen molar-refractivity contribution in [3.8, 4) is 163 Å². The van der Waals surface area contributed by atoms with Crippen LogP contribution in [0.1, 0.15) is 290 Å². The van der Waals surface area contributed by atoms with E-state index in [9.17, 15) is 0 Å². The van der Waals surface area contributed by atoms with Gasteiger partial charge in [-0.05, 0) is 388 Å². The van der Waals surface area contributed by atoms with Crippen LogP contribution >= 0.6 is 0 Å². The average Bonchev–Trinajstić information content (AvgIpc) is 1.74. The normalized spacial score (nSPS) is 12.9. The number of hydrogen-bond donors (Lipinski definition) is 0. The highest BCUT2D eigenvalue weighted by Gasteiger charge is 2.27. The van der Waals surface area contributed by atoms with Crippen LogP contribution in [0.2, 0.25) is 0 Å². The summed E-state index contributed by atoms with van der Waals surface area (Å²) < 4.78 is 60.0. The Bertz CT molecular complexity index is 5630. The molecule has 9 nitrogen and oxygen atoms in total. The lowest BCUT2D eigenvalue weighted by atomic mass is 9.84. The van der Waals surface area contributed by atoms with Crippen molar-refractivity contribution < 1.29 is 32.8 Å². The molecule has 0 aliphatic rings. The molecule has 0 saturated heterocycles. The van der Waals surface area contributed by atoms with Gasteiger partial charge in [-0.15, -0.1) is 0 Å². The van der Waals surface area contributed by atoms with Crippen LogP contribution in [0.4, 0.5) is 4.39 Å². The molecule has 6 unspecified atom stereocenters. The van der Waals surface area contributed by atoms with E-state index in [1.807, 2.05) is 16.8 Å². The van der Waals surface area contributed by atoms with Gasteiger partial charge in [0, 0.05) is 17.5 Å². The van der Waals surface area contributed by atoms with Gasteiger partial charge in [0.1, 0.15) is 40.3 Å². The molecule has 0 amide bonds. The van der Waals surface area contributed by atoms with E-state index in [0.717, 1.165) is 244 Å². The minimum absolute atomic E-state index is 0.349. The molecule has 0 fully saturated rings. The largest absolute Gasteiger partial charge is 0.493 e. The lowest BCUT2D eigenvalue weighted by molar-refractivity contribution is 0.233. The molecule has 0 bridgehead atoms. The van der Waals surface area contributed by atoms with Gasteiger partial charge < -0.3 is 28.4 Å². The second kappa shape index (κ2) is 53.6. The van der Waals surface area contributed by atoms with Crippen LogP contribution in [0, 0.1) is 82.9 Å². The van der Waals surface area contributed by atoms with E-state index in [1.54, 1.807) is 6.07 Å². The SMILES string of the molecule is CCCCC(CC)COc1ccc(-c2cc(-c3cc(C)c(-c4ccc(-c5nc(CCC)nn5-c5cc(-c6cc(-c7ccc(OCC(CC)CCCC)cc7)c(C)c(-c7ccc(OCC(CC)CCCC)cc7)c6)c(C)c(-c6cc(-c7ccc(OCC(CC)CCCC)cc7)c(C)c(-c7ccc(OCC(CC)CCCC)cc7)c6)c5)cc4F)cc3C)cc(-c3ccc(OCC(CC)CCCC)cc3)c2C)cc1. The number of hydrogen-bond acceptors (Lipinski definition) is 8. The molecule has 0 aliphatic heterocycles. The molecule has 0 N–H and O–H groups in total. The summed E-state index contributed by atoms with van der Waals surface area (Å²) in [6, 6.07) is 81.5. The first-order valence-electron chi connectivity index (χ1n) is 54.5. The third-order valence-corrected chi connectivity index (χ3v) is 30.2. The topological polar surface area (TPSA) is 86.1 Å². The van der Waals surface area contributed by atoms with E-state index in [-0.39, 0.29) is 5.82 Å². The van der Waals surface area contributed by atoms with Crippen molar-refractivity contribution in [2.24, 2.45) is 35.5 Å². The second-order valence-corrected chi connectivity index (χ2v) is 40.5. The zero-order chi connectivity index (χ0) is 99.9. The van der Waals surface area contributed by atoms with Gasteiger partial charge in [-0.1, -0.05) is 303 Å². The number of aromatic nitrogens is 3. The Balaban J connectivity index is 0.966. The van der Waals surface area contributed by atoms with E-state index in [0.29, 0.717) is 104 Å². The molecule has 141 heavy (non-hydrogen) atoms. The second-order valence-electron chi connectivity index (χ2n) is 40.5. The monoisotopic (exact) mass is 1890 g/mol. The van der Waals surface area contributed by atoms with Gasteiger partial charge in [0.05, 0.1) is 45.3 Å². The van der Waals surface area contributed by atoms with Gasteiger partial charge in [-0.25, -0.2) is 14.1 Å². The Hall–Kier alpha value is -11.5. The van der Waals surface area contributed by atoms with E-state index in [4.69, 9.17) is 38.5 Å². The first-order chi connectivity index (χ1) is 68.7. The van der Waals surface area contributed by atoms with Gasteiger partial charge in [0.15, 0.2) is 11.6 Å². The van der Waals surface area contributed by atoms with Crippen molar-refractivity contribution in [3.05, 3.63) is 269 Å². The Morgan fingerprint density at radius 2 is 0.475 bits per heavy atom. The summed E-state index contributed by atoms with van der Waals surface area (Å²) in [6.45, 7) is 47.0. The predicted octanol–water partition coefficient (Wildman–Crippen LogP) is 38.1. The molecule has 13 rings (SSSR count). The summed E-state index contributed by atoms with van der Waals surface area (Å²) in [5.74, 6) is 9.15. The average molecular weight is 1900 g/mol. The number of ether oxygens (including phenoxy) is 6. The highest BCUT2D eigenvalue weighted by Crippen LogP contribution is 2.48. The summed E-state index contributed by atoms with van der Waals surface area (Å²) in [4.78, 5) is 5.48. The maximum atomic E-state index is 18.4. The highest BCUT2D eigenvalue weighted by molar-refractivity contribution is 5.93. The standard InChI is InChI=1S/C131H164FN3O6/c1-20-33-40-95(27-8)83-136-112-59-46-101(47-60-112)121-74-108(75-122(91(121)16)102-48-61-113(62-49-102)137-84-96(28-9)41-34-21-2)119-72-90(15)120(73-89(119)14)118-71-58-107(80-129(118)132)131-133-130(39-26-7)134-135(131)111-81-127(109-76-123(103-50-63-114(64-51-103)138-85-97(29-10)42-35-22-3)92(17)124(77-109)104-52-65-115(66-53-104)139-86-98(30-11)43-36-23-4)94(19)128(82-111)110-78-125(105-54-67-116(68-55-105)140-87-99(31-12)44-37-24-5)93(18)126(79-110)106-56-69-117(70-57-106)141-88-100(32-13)45-38-25-6/h46-82,95-100H,20-45,83-88H2,1-19H3. The first kappa shape index (κ1) is 107. The van der Waals surface area contributed by atoms with Crippen LogP contribution < -0.4 is 28.4 Å². The molecule has 1 aromatic heterocycles. The van der Waals surface area contributed by atoms with E-state index in [1.165, 1.54) is 95.5 Å². The summed E-state index contributed by atoms with van der Waals surface area (Å²) >= 11 is 0. The minimum Gasteiger partial charge on any atom is -0.493 e. The molecule has 13 aromatic rings. The van der Waals surface area contributed by atoms with E-state index >= 15 is 4.39 Å². The molecule has 0 saturated carbocycles. The smallest absolute Gasteiger partial charge is 0.163 e. The Labute approximate surface area is 848 Å². The highest BCUT2D eigenvalue weighted by atomic mass is 19.1. The predicted molar refractivity (Wildman–Crippen MR) is 596 cm³/mol. The summed E-state index contributed by atoms with van der Waals surface area (Å²) in [7, 11) is 0. The molecule has 6 atom stereocenters. The van der Waals surface area contributed by atoms with Gasteiger partial charge in [0.25, 0.3) is 0 Å². The zero-order valence-electron chi connectivity index (χ0n) is 89.1. The van der Waals surface area contributed by atoms with Crippen molar-refractivity contribution in [1.82, 2.24) is 14.8 Å². The quantitative estimate of drug-likeness (QED) is 0.0373. The fourth-order valence-corrected chi connectivity index (χ4v) is 20.2. The van der Waals surface area contributed by atoms with E-state index < -0.39 is 0 Å². The molecule has 10 heteroatoms. The Kier molecular flexibility index (Phi) is 40.6. The molecule has 0 aliphatic carbocycles.